The van der Waals surface area contributed by atoms with Gasteiger partial charge in [-0.3, -0.25) is 14.4 Å². The van der Waals surface area contributed by atoms with Crippen molar-refractivity contribution in [1.82, 2.24) is 0 Å². The van der Waals surface area contributed by atoms with Crippen LogP contribution in [-0.2, 0) is 14.8 Å². The molecule has 1 atom stereocenters. The molecule has 1 unspecified atom stereocenters. The van der Waals surface area contributed by atoms with Gasteiger partial charge in [-0.2, -0.15) is 0 Å². The molecule has 4 rings (SSSR count). The second-order valence-electron chi connectivity index (χ2n) is 7.26. The van der Waals surface area contributed by atoms with Gasteiger partial charge in [-0.05, 0) is 73.2 Å². The zero-order chi connectivity index (χ0) is 23.4. The summed E-state index contributed by atoms with van der Waals surface area (Å²) in [6.07, 6.45) is 0. The SMILES string of the molecule is CCOc1ccc(N2C(=O)CSC2c2cccc(NS(=O)(=O)c3ccc(OC)cc3)c2)cc1. The Morgan fingerprint density at radius 1 is 1.03 bits per heavy atom. The lowest BCUT2D eigenvalue weighted by Gasteiger charge is -2.25. The van der Waals surface area contributed by atoms with Gasteiger partial charge in [0, 0.05) is 11.4 Å². The molecule has 1 N–H and O–H groups in total. The first-order valence-corrected chi connectivity index (χ1v) is 12.9. The van der Waals surface area contributed by atoms with Gasteiger partial charge >= 0.3 is 0 Å². The molecule has 3 aromatic carbocycles. The zero-order valence-corrected chi connectivity index (χ0v) is 19.9. The van der Waals surface area contributed by atoms with Crippen LogP contribution in [0.1, 0.15) is 17.9 Å². The molecule has 0 spiro atoms. The quantitative estimate of drug-likeness (QED) is 0.500. The zero-order valence-electron chi connectivity index (χ0n) is 18.2. The Morgan fingerprint density at radius 2 is 1.73 bits per heavy atom. The van der Waals surface area contributed by atoms with E-state index in [-0.39, 0.29) is 16.2 Å². The number of methoxy groups -OCH3 is 1. The maximum atomic E-state index is 12.8. The highest BCUT2D eigenvalue weighted by molar-refractivity contribution is 8.00. The Balaban J connectivity index is 1.57. The normalized spacial score (nSPS) is 16.0. The third-order valence-electron chi connectivity index (χ3n) is 5.09. The van der Waals surface area contributed by atoms with Crippen molar-refractivity contribution < 1.29 is 22.7 Å². The van der Waals surface area contributed by atoms with Crippen molar-refractivity contribution in [2.24, 2.45) is 0 Å². The van der Waals surface area contributed by atoms with Gasteiger partial charge in [0.1, 0.15) is 16.9 Å². The number of amides is 1. The average Bonchev–Trinajstić information content (AvgIpc) is 3.21. The molecule has 172 valence electrons. The first-order chi connectivity index (χ1) is 15.9. The van der Waals surface area contributed by atoms with Gasteiger partial charge in [0.15, 0.2) is 0 Å². The number of carbonyl (C=O) groups is 1. The van der Waals surface area contributed by atoms with Crippen LogP contribution in [0.4, 0.5) is 11.4 Å². The van der Waals surface area contributed by atoms with Crippen molar-refractivity contribution in [3.8, 4) is 11.5 Å². The van der Waals surface area contributed by atoms with Crippen molar-refractivity contribution in [3.63, 3.8) is 0 Å². The Bertz CT molecular complexity index is 1230. The number of thioether (sulfide) groups is 1. The minimum atomic E-state index is -3.77. The second-order valence-corrected chi connectivity index (χ2v) is 10.0. The lowest BCUT2D eigenvalue weighted by molar-refractivity contribution is -0.115. The van der Waals surface area contributed by atoms with Crippen LogP contribution in [0.15, 0.2) is 77.7 Å². The molecule has 0 saturated carbocycles. The number of ether oxygens (including phenoxy) is 2. The molecule has 0 bridgehead atoms. The lowest BCUT2D eigenvalue weighted by atomic mass is 10.1. The van der Waals surface area contributed by atoms with Gasteiger partial charge in [-0.1, -0.05) is 12.1 Å². The fourth-order valence-corrected chi connectivity index (χ4v) is 5.76. The van der Waals surface area contributed by atoms with E-state index in [1.807, 2.05) is 37.3 Å². The maximum absolute atomic E-state index is 12.8. The number of hydrogen-bond donors (Lipinski definition) is 1. The molecule has 0 aliphatic carbocycles. The fraction of sp³-hybridized carbons (Fsp3) is 0.208. The van der Waals surface area contributed by atoms with Crippen molar-refractivity contribution >= 4 is 39.1 Å². The summed E-state index contributed by atoms with van der Waals surface area (Å²) in [4.78, 5) is 14.5. The molecule has 0 radical (unpaired) electrons. The van der Waals surface area contributed by atoms with E-state index in [1.54, 1.807) is 35.2 Å². The van der Waals surface area contributed by atoms with Gasteiger partial charge < -0.3 is 9.47 Å². The van der Waals surface area contributed by atoms with Crippen molar-refractivity contribution in [3.05, 3.63) is 78.4 Å². The number of nitrogens with one attached hydrogen (secondary N) is 1. The predicted molar refractivity (Wildman–Crippen MR) is 131 cm³/mol. The average molecular weight is 485 g/mol. The molecule has 1 aliphatic rings. The van der Waals surface area contributed by atoms with E-state index in [1.165, 1.54) is 31.0 Å². The molecule has 1 aliphatic heterocycles. The lowest BCUT2D eigenvalue weighted by Crippen LogP contribution is -2.27. The molecule has 1 saturated heterocycles. The summed E-state index contributed by atoms with van der Waals surface area (Å²) >= 11 is 1.50. The molecular formula is C24H24N2O5S2. The van der Waals surface area contributed by atoms with Gasteiger partial charge in [-0.15, -0.1) is 11.8 Å². The molecule has 0 aromatic heterocycles. The molecule has 1 fully saturated rings. The van der Waals surface area contributed by atoms with Crippen LogP contribution in [0.25, 0.3) is 0 Å². The number of anilines is 2. The highest BCUT2D eigenvalue weighted by atomic mass is 32.2. The van der Waals surface area contributed by atoms with Gasteiger partial charge in [-0.25, -0.2) is 8.42 Å². The molecule has 7 nitrogen and oxygen atoms in total. The Labute approximate surface area is 197 Å². The number of rotatable bonds is 8. The van der Waals surface area contributed by atoms with Crippen LogP contribution in [0.2, 0.25) is 0 Å². The standard InChI is InChI=1S/C24H24N2O5S2/c1-3-31-21-9-7-19(8-10-21)26-23(27)16-32-24(26)17-5-4-6-18(15-17)25-33(28,29)22-13-11-20(30-2)12-14-22/h4-15,24-25H,3,16H2,1-2H3. The Morgan fingerprint density at radius 3 is 2.39 bits per heavy atom. The third-order valence-corrected chi connectivity index (χ3v) is 7.70. The van der Waals surface area contributed by atoms with E-state index in [0.717, 1.165) is 17.0 Å². The van der Waals surface area contributed by atoms with Crippen molar-refractivity contribution in [2.45, 2.75) is 17.2 Å². The van der Waals surface area contributed by atoms with Crippen LogP contribution in [0.5, 0.6) is 11.5 Å². The second kappa shape index (κ2) is 9.76. The summed E-state index contributed by atoms with van der Waals surface area (Å²) in [6, 6.07) is 20.7. The summed E-state index contributed by atoms with van der Waals surface area (Å²) in [5.41, 5.74) is 2.02. The minimum Gasteiger partial charge on any atom is -0.497 e. The summed E-state index contributed by atoms with van der Waals surface area (Å²) in [6.45, 7) is 2.49. The number of carbonyl (C=O) groups excluding carboxylic acids is 1. The van der Waals surface area contributed by atoms with E-state index in [9.17, 15) is 13.2 Å². The van der Waals surface area contributed by atoms with E-state index in [0.29, 0.717) is 23.8 Å². The molecule has 3 aromatic rings. The molecular weight excluding hydrogens is 460 g/mol. The Kier molecular flexibility index (Phi) is 6.80. The van der Waals surface area contributed by atoms with Crippen molar-refractivity contribution in [1.29, 1.82) is 0 Å². The smallest absolute Gasteiger partial charge is 0.261 e. The predicted octanol–water partition coefficient (Wildman–Crippen LogP) is 4.67. The molecule has 1 amide bonds. The minimum absolute atomic E-state index is 0.00150. The Hall–Kier alpha value is -3.17. The number of sulfonamides is 1. The summed E-state index contributed by atoms with van der Waals surface area (Å²) in [7, 11) is -2.25. The van der Waals surface area contributed by atoms with E-state index in [2.05, 4.69) is 4.72 Å². The van der Waals surface area contributed by atoms with Crippen molar-refractivity contribution in [2.75, 3.05) is 29.1 Å². The fourth-order valence-electron chi connectivity index (χ4n) is 3.54. The van der Waals surface area contributed by atoms with Crippen LogP contribution in [-0.4, -0.2) is 33.8 Å². The number of benzene rings is 3. The van der Waals surface area contributed by atoms with E-state index < -0.39 is 10.0 Å². The largest absolute Gasteiger partial charge is 0.497 e. The van der Waals surface area contributed by atoms with Crippen LogP contribution >= 0.6 is 11.8 Å². The maximum Gasteiger partial charge on any atom is 0.261 e. The summed E-state index contributed by atoms with van der Waals surface area (Å²) in [5, 5.41) is -0.263. The molecule has 9 heteroatoms. The highest BCUT2D eigenvalue weighted by Crippen LogP contribution is 2.42. The summed E-state index contributed by atoms with van der Waals surface area (Å²) < 4.78 is 38.9. The van der Waals surface area contributed by atoms with Crippen LogP contribution < -0.4 is 19.1 Å². The third kappa shape index (κ3) is 5.09. The summed E-state index contributed by atoms with van der Waals surface area (Å²) in [5.74, 6) is 1.67. The van der Waals surface area contributed by atoms with Crippen LogP contribution in [0.3, 0.4) is 0 Å². The number of nitrogens with zero attached hydrogens (tertiary/aromatic N) is 1. The first-order valence-electron chi connectivity index (χ1n) is 10.3. The van der Waals surface area contributed by atoms with Gasteiger partial charge in [0.05, 0.1) is 24.4 Å². The monoisotopic (exact) mass is 484 g/mol. The number of hydrogen-bond acceptors (Lipinski definition) is 6. The molecule has 33 heavy (non-hydrogen) atoms. The first kappa shape index (κ1) is 23.0. The highest BCUT2D eigenvalue weighted by Gasteiger charge is 2.34. The van der Waals surface area contributed by atoms with Gasteiger partial charge in [0.2, 0.25) is 5.91 Å². The molecule has 1 heterocycles. The van der Waals surface area contributed by atoms with Crippen LogP contribution in [0, 0.1) is 0 Å². The van der Waals surface area contributed by atoms with E-state index >= 15 is 0 Å². The van der Waals surface area contributed by atoms with Gasteiger partial charge in [0.25, 0.3) is 10.0 Å². The topological polar surface area (TPSA) is 84.9 Å². The van der Waals surface area contributed by atoms with E-state index in [4.69, 9.17) is 9.47 Å².